The van der Waals surface area contributed by atoms with Crippen molar-refractivity contribution in [2.45, 2.75) is 25.4 Å². The van der Waals surface area contributed by atoms with Crippen LogP contribution >= 0.6 is 0 Å². The highest BCUT2D eigenvalue weighted by molar-refractivity contribution is 6.46. The molecular formula is C28H24N2O5. The van der Waals surface area contributed by atoms with Crippen LogP contribution in [0.2, 0.25) is 0 Å². The van der Waals surface area contributed by atoms with Crippen LogP contribution in [0.5, 0.6) is 5.75 Å². The van der Waals surface area contributed by atoms with Crippen LogP contribution in [0.15, 0.2) is 77.0 Å². The minimum Gasteiger partial charge on any atom is -0.507 e. The second-order valence-corrected chi connectivity index (χ2v) is 8.99. The molecule has 0 aliphatic carbocycles. The quantitative estimate of drug-likeness (QED) is 0.266. The van der Waals surface area contributed by atoms with Gasteiger partial charge in [-0.05, 0) is 54.8 Å². The number of Topliss-reactive ketones (excluding diaryl/α,β-unsaturated/α-hetero) is 1. The van der Waals surface area contributed by atoms with Crippen LogP contribution in [0.25, 0.3) is 16.7 Å². The SMILES string of the molecule is Cn1cc(C2/C(=C(\O)c3ccc4c(c3)CCCO4)C(=O)C(=O)N2Cc2ccco2)c2ccccc21. The summed E-state index contributed by atoms with van der Waals surface area (Å²) in [6.45, 7) is 0.775. The van der Waals surface area contributed by atoms with Gasteiger partial charge in [-0.3, -0.25) is 9.59 Å². The summed E-state index contributed by atoms with van der Waals surface area (Å²) in [5.41, 5.74) is 3.30. The molecule has 2 aromatic heterocycles. The molecule has 0 bridgehead atoms. The van der Waals surface area contributed by atoms with Gasteiger partial charge in [0.15, 0.2) is 0 Å². The number of hydrogen-bond acceptors (Lipinski definition) is 5. The van der Waals surface area contributed by atoms with Gasteiger partial charge in [-0.15, -0.1) is 0 Å². The van der Waals surface area contributed by atoms with Gasteiger partial charge in [0.1, 0.15) is 17.3 Å². The summed E-state index contributed by atoms with van der Waals surface area (Å²) in [6.07, 6.45) is 5.18. The predicted octanol–water partition coefficient (Wildman–Crippen LogP) is 4.72. The number of ketones is 1. The van der Waals surface area contributed by atoms with E-state index in [0.29, 0.717) is 17.9 Å². The molecule has 4 aromatic rings. The molecule has 2 aliphatic rings. The van der Waals surface area contributed by atoms with E-state index < -0.39 is 17.7 Å². The summed E-state index contributed by atoms with van der Waals surface area (Å²) in [7, 11) is 1.92. The molecule has 0 spiro atoms. The number of carbonyl (C=O) groups excluding carboxylic acids is 2. The molecule has 6 rings (SSSR count). The Morgan fingerprint density at radius 1 is 1.11 bits per heavy atom. The number of aliphatic hydroxyl groups is 1. The maximum atomic E-state index is 13.4. The van der Waals surface area contributed by atoms with Crippen molar-refractivity contribution in [2.75, 3.05) is 6.61 Å². The average molecular weight is 469 g/mol. The summed E-state index contributed by atoms with van der Waals surface area (Å²) in [5, 5.41) is 12.4. The van der Waals surface area contributed by atoms with Gasteiger partial charge in [-0.2, -0.15) is 0 Å². The van der Waals surface area contributed by atoms with E-state index in [-0.39, 0.29) is 17.9 Å². The maximum absolute atomic E-state index is 13.4. The van der Waals surface area contributed by atoms with Gasteiger partial charge in [0.25, 0.3) is 11.7 Å². The number of rotatable bonds is 4. The van der Waals surface area contributed by atoms with E-state index in [0.717, 1.165) is 40.6 Å². The van der Waals surface area contributed by atoms with E-state index >= 15 is 0 Å². The molecule has 1 unspecified atom stereocenters. The summed E-state index contributed by atoms with van der Waals surface area (Å²) in [6, 6.07) is 16.0. The van der Waals surface area contributed by atoms with Gasteiger partial charge in [-0.25, -0.2) is 0 Å². The molecule has 4 heterocycles. The van der Waals surface area contributed by atoms with Crippen LogP contribution in [0.1, 0.15) is 34.9 Å². The van der Waals surface area contributed by atoms with Gasteiger partial charge < -0.3 is 23.7 Å². The fourth-order valence-electron chi connectivity index (χ4n) is 5.19. The zero-order valence-corrected chi connectivity index (χ0v) is 19.2. The second-order valence-electron chi connectivity index (χ2n) is 8.99. The maximum Gasteiger partial charge on any atom is 0.296 e. The third-order valence-corrected chi connectivity index (χ3v) is 6.85. The first-order chi connectivity index (χ1) is 17.0. The lowest BCUT2D eigenvalue weighted by Crippen LogP contribution is -2.29. The molecule has 35 heavy (non-hydrogen) atoms. The Morgan fingerprint density at radius 3 is 2.80 bits per heavy atom. The third kappa shape index (κ3) is 3.43. The van der Waals surface area contributed by atoms with Gasteiger partial charge in [0, 0.05) is 35.3 Å². The van der Waals surface area contributed by atoms with Crippen molar-refractivity contribution in [1.82, 2.24) is 9.47 Å². The van der Waals surface area contributed by atoms with Crippen LogP contribution in [-0.4, -0.2) is 32.9 Å². The highest BCUT2D eigenvalue weighted by atomic mass is 16.5. The number of para-hydroxylation sites is 1. The third-order valence-electron chi connectivity index (χ3n) is 6.85. The van der Waals surface area contributed by atoms with E-state index in [1.807, 2.05) is 54.2 Å². The first-order valence-electron chi connectivity index (χ1n) is 11.6. The highest BCUT2D eigenvalue weighted by Crippen LogP contribution is 2.43. The van der Waals surface area contributed by atoms with Gasteiger partial charge in [0.2, 0.25) is 0 Å². The van der Waals surface area contributed by atoms with E-state index in [2.05, 4.69) is 0 Å². The Hall–Kier alpha value is -4.26. The fourth-order valence-corrected chi connectivity index (χ4v) is 5.19. The van der Waals surface area contributed by atoms with Crippen molar-refractivity contribution in [3.05, 3.63) is 95.1 Å². The smallest absolute Gasteiger partial charge is 0.296 e. The number of furan rings is 1. The number of ether oxygens (including phenoxy) is 1. The lowest BCUT2D eigenvalue weighted by Gasteiger charge is -2.24. The number of amides is 1. The number of aromatic nitrogens is 1. The molecule has 0 saturated carbocycles. The number of nitrogens with zero attached hydrogens (tertiary/aromatic N) is 2. The number of fused-ring (bicyclic) bond motifs is 2. The molecule has 2 aromatic carbocycles. The molecule has 0 radical (unpaired) electrons. The molecule has 1 fully saturated rings. The van der Waals surface area contributed by atoms with Crippen molar-refractivity contribution >= 4 is 28.4 Å². The van der Waals surface area contributed by atoms with Crippen molar-refractivity contribution < 1.29 is 23.8 Å². The number of hydrogen-bond donors (Lipinski definition) is 1. The molecule has 7 heteroatoms. The molecular weight excluding hydrogens is 444 g/mol. The van der Waals surface area contributed by atoms with Gasteiger partial charge in [-0.1, -0.05) is 18.2 Å². The lowest BCUT2D eigenvalue weighted by molar-refractivity contribution is -0.140. The van der Waals surface area contributed by atoms with Crippen molar-refractivity contribution in [1.29, 1.82) is 0 Å². The standard InChI is InChI=1S/C28H24N2O5/c1-29-16-21(20-8-2-3-9-22(20)29)25-24(27(32)28(33)30(25)15-19-7-5-12-34-19)26(31)18-10-11-23-17(14-18)6-4-13-35-23/h2-3,5,7-12,14,16,25,31H,4,6,13,15H2,1H3/b26-24+. The number of benzene rings is 2. The Balaban J connectivity index is 1.55. The molecule has 1 saturated heterocycles. The van der Waals surface area contributed by atoms with Crippen molar-refractivity contribution in [2.24, 2.45) is 7.05 Å². The fraction of sp³-hybridized carbons (Fsp3) is 0.214. The minimum absolute atomic E-state index is 0.0783. The Kier molecular flexibility index (Phi) is 4.99. The number of carbonyl (C=O) groups is 2. The first kappa shape index (κ1) is 21.3. The highest BCUT2D eigenvalue weighted by Gasteiger charge is 2.47. The molecule has 1 N–H and O–H groups in total. The van der Waals surface area contributed by atoms with Gasteiger partial charge in [0.05, 0.1) is 31.0 Å². The summed E-state index contributed by atoms with van der Waals surface area (Å²) in [4.78, 5) is 28.2. The predicted molar refractivity (Wildman–Crippen MR) is 130 cm³/mol. The Labute approximate surface area is 201 Å². The molecule has 176 valence electrons. The number of likely N-dealkylation sites (tertiary alicyclic amines) is 1. The molecule has 1 amide bonds. The zero-order chi connectivity index (χ0) is 24.1. The Bertz CT molecular complexity index is 1500. The van der Waals surface area contributed by atoms with Crippen LogP contribution in [0.3, 0.4) is 0 Å². The largest absolute Gasteiger partial charge is 0.507 e. The van der Waals surface area contributed by atoms with Crippen LogP contribution in [0, 0.1) is 0 Å². The van der Waals surface area contributed by atoms with Gasteiger partial charge >= 0.3 is 0 Å². The molecule has 7 nitrogen and oxygen atoms in total. The summed E-state index contributed by atoms with van der Waals surface area (Å²) < 4.78 is 13.2. The van der Waals surface area contributed by atoms with E-state index in [1.165, 1.54) is 11.2 Å². The average Bonchev–Trinajstić information content (AvgIpc) is 3.58. The first-order valence-corrected chi connectivity index (χ1v) is 11.6. The van der Waals surface area contributed by atoms with Crippen LogP contribution < -0.4 is 4.74 Å². The van der Waals surface area contributed by atoms with Crippen LogP contribution in [-0.2, 0) is 29.6 Å². The topological polar surface area (TPSA) is 84.9 Å². The minimum atomic E-state index is -0.765. The van der Waals surface area contributed by atoms with Crippen molar-refractivity contribution in [3.8, 4) is 5.75 Å². The van der Waals surface area contributed by atoms with E-state index in [1.54, 1.807) is 18.2 Å². The van der Waals surface area contributed by atoms with E-state index in [4.69, 9.17) is 9.15 Å². The monoisotopic (exact) mass is 468 g/mol. The van der Waals surface area contributed by atoms with Crippen molar-refractivity contribution in [3.63, 3.8) is 0 Å². The van der Waals surface area contributed by atoms with E-state index in [9.17, 15) is 14.7 Å². The number of aliphatic hydroxyl groups excluding tert-OH is 1. The van der Waals surface area contributed by atoms with Crippen LogP contribution in [0.4, 0.5) is 0 Å². The lowest BCUT2D eigenvalue weighted by atomic mass is 9.93. The second kappa shape index (κ2) is 8.20. The summed E-state index contributed by atoms with van der Waals surface area (Å²) >= 11 is 0. The normalized spacial score (nSPS) is 19.2. The zero-order valence-electron chi connectivity index (χ0n) is 19.2. The summed E-state index contributed by atoms with van der Waals surface area (Å²) in [5.74, 6) is -0.209. The Morgan fingerprint density at radius 2 is 1.97 bits per heavy atom. The number of aryl methyl sites for hydroxylation is 2. The molecule has 1 atom stereocenters. The molecule has 2 aliphatic heterocycles.